The van der Waals surface area contributed by atoms with Crippen LogP contribution in [0.5, 0.6) is 5.88 Å². The molecular formula is C16H17F3N4O2. The molecule has 4 N–H and O–H groups in total. The molecule has 1 aromatic carbocycles. The first kappa shape index (κ1) is 18.4. The third-order valence-corrected chi connectivity index (χ3v) is 3.19. The third kappa shape index (κ3) is 5.27. The lowest BCUT2D eigenvalue weighted by molar-refractivity contribution is -0.154. The van der Waals surface area contributed by atoms with Crippen molar-refractivity contribution in [3.8, 4) is 5.88 Å². The zero-order valence-corrected chi connectivity index (χ0v) is 13.4. The van der Waals surface area contributed by atoms with Gasteiger partial charge in [0.15, 0.2) is 6.61 Å². The minimum Gasteiger partial charge on any atom is -0.468 e. The summed E-state index contributed by atoms with van der Waals surface area (Å²) in [6.07, 6.45) is -4.44. The average molecular weight is 354 g/mol. The van der Waals surface area contributed by atoms with Gasteiger partial charge in [0, 0.05) is 13.1 Å². The highest BCUT2D eigenvalue weighted by Crippen LogP contribution is 2.22. The molecule has 0 bridgehead atoms. The number of amides is 1. The summed E-state index contributed by atoms with van der Waals surface area (Å²) >= 11 is 0. The lowest BCUT2D eigenvalue weighted by Gasteiger charge is -2.12. The van der Waals surface area contributed by atoms with Crippen LogP contribution in [0, 0.1) is 0 Å². The van der Waals surface area contributed by atoms with E-state index in [-0.39, 0.29) is 18.3 Å². The number of nitrogens with one attached hydrogen (secondary N) is 2. The molecule has 0 aliphatic heterocycles. The van der Waals surface area contributed by atoms with Gasteiger partial charge in [-0.05, 0) is 18.2 Å². The molecule has 1 heterocycles. The quantitative estimate of drug-likeness (QED) is 0.694. The van der Waals surface area contributed by atoms with Gasteiger partial charge >= 0.3 is 6.18 Å². The van der Waals surface area contributed by atoms with Crippen LogP contribution in [0.3, 0.4) is 0 Å². The van der Waals surface area contributed by atoms with Crippen LogP contribution >= 0.6 is 0 Å². The van der Waals surface area contributed by atoms with Gasteiger partial charge in [0.1, 0.15) is 0 Å². The highest BCUT2D eigenvalue weighted by atomic mass is 19.4. The molecule has 0 aliphatic rings. The number of nitrogens with two attached hydrogens (primary N) is 1. The van der Waals surface area contributed by atoms with Crippen molar-refractivity contribution in [2.45, 2.75) is 12.7 Å². The number of halogens is 3. The number of alkyl halides is 3. The first-order valence-corrected chi connectivity index (χ1v) is 7.30. The van der Waals surface area contributed by atoms with Crippen LogP contribution in [-0.2, 0) is 6.54 Å². The van der Waals surface area contributed by atoms with Gasteiger partial charge in [0.05, 0.1) is 29.2 Å². The van der Waals surface area contributed by atoms with Crippen LogP contribution in [0.15, 0.2) is 36.4 Å². The third-order valence-electron chi connectivity index (χ3n) is 3.19. The molecule has 0 saturated carbocycles. The normalized spacial score (nSPS) is 11.0. The van der Waals surface area contributed by atoms with Crippen molar-refractivity contribution in [1.82, 2.24) is 10.3 Å². The van der Waals surface area contributed by atoms with Crippen molar-refractivity contribution in [3.63, 3.8) is 0 Å². The number of aromatic nitrogens is 1. The summed E-state index contributed by atoms with van der Waals surface area (Å²) in [7, 11) is 1.64. The molecule has 0 fully saturated rings. The molecule has 0 radical (unpaired) electrons. The Bertz CT molecular complexity index is 750. The van der Waals surface area contributed by atoms with Crippen molar-refractivity contribution in [2.24, 2.45) is 0 Å². The maximum Gasteiger partial charge on any atom is 0.422 e. The second-order valence-corrected chi connectivity index (χ2v) is 5.07. The molecule has 2 rings (SSSR count). The Morgan fingerprint density at radius 2 is 1.96 bits per heavy atom. The molecule has 2 aromatic rings. The number of para-hydroxylation sites is 1. The van der Waals surface area contributed by atoms with E-state index in [1.54, 1.807) is 31.3 Å². The summed E-state index contributed by atoms with van der Waals surface area (Å²) in [6, 6.07) is 9.29. The Balaban J connectivity index is 2.02. The second-order valence-electron chi connectivity index (χ2n) is 5.07. The van der Waals surface area contributed by atoms with E-state index in [0.717, 1.165) is 0 Å². The summed E-state index contributed by atoms with van der Waals surface area (Å²) in [5, 5.41) is 5.50. The van der Waals surface area contributed by atoms with Crippen molar-refractivity contribution < 1.29 is 22.7 Å². The zero-order valence-electron chi connectivity index (χ0n) is 13.4. The number of pyridine rings is 1. The Kier molecular flexibility index (Phi) is 5.68. The number of hydrogen-bond donors (Lipinski definition) is 3. The summed E-state index contributed by atoms with van der Waals surface area (Å²) in [5.41, 5.74) is 7.44. The number of anilines is 2. The Morgan fingerprint density at radius 3 is 2.64 bits per heavy atom. The summed E-state index contributed by atoms with van der Waals surface area (Å²) in [5.74, 6) is -0.552. The Labute approximate surface area is 142 Å². The monoisotopic (exact) mass is 354 g/mol. The van der Waals surface area contributed by atoms with E-state index in [4.69, 9.17) is 5.73 Å². The highest BCUT2D eigenvalue weighted by Gasteiger charge is 2.28. The van der Waals surface area contributed by atoms with E-state index in [1.807, 2.05) is 0 Å². The fraction of sp³-hybridized carbons (Fsp3) is 0.250. The molecule has 0 aliphatic carbocycles. The van der Waals surface area contributed by atoms with Crippen LogP contribution in [0.25, 0.3) is 0 Å². The average Bonchev–Trinajstić information content (AvgIpc) is 2.57. The predicted octanol–water partition coefficient (Wildman–Crippen LogP) is 2.58. The van der Waals surface area contributed by atoms with Gasteiger partial charge in [-0.1, -0.05) is 12.1 Å². The summed E-state index contributed by atoms with van der Waals surface area (Å²) in [6.45, 7) is -1.40. The molecule has 0 spiro atoms. The lowest BCUT2D eigenvalue weighted by Crippen LogP contribution is -2.25. The van der Waals surface area contributed by atoms with Crippen LogP contribution in [0.2, 0.25) is 0 Å². The second kappa shape index (κ2) is 7.73. The van der Waals surface area contributed by atoms with E-state index in [1.165, 1.54) is 12.1 Å². The molecule has 6 nitrogen and oxygen atoms in total. The van der Waals surface area contributed by atoms with Crippen molar-refractivity contribution in [2.75, 3.05) is 24.7 Å². The SMILES string of the molecule is CNc1c(N)cccc1C(=O)NCc1cccc(OCC(F)(F)F)n1. The zero-order chi connectivity index (χ0) is 18.4. The van der Waals surface area contributed by atoms with E-state index >= 15 is 0 Å². The van der Waals surface area contributed by atoms with E-state index < -0.39 is 12.8 Å². The van der Waals surface area contributed by atoms with Gasteiger partial charge in [-0.15, -0.1) is 0 Å². The fourth-order valence-corrected chi connectivity index (χ4v) is 2.10. The summed E-state index contributed by atoms with van der Waals surface area (Å²) < 4.78 is 41.1. The molecule has 0 saturated heterocycles. The standard InChI is InChI=1S/C16H17F3N4O2/c1-21-14-11(5-3-6-12(14)20)15(24)22-8-10-4-2-7-13(23-10)25-9-16(17,18)19/h2-7,21H,8-9,20H2,1H3,(H,22,24). The van der Waals surface area contributed by atoms with Gasteiger partial charge in [-0.3, -0.25) is 4.79 Å². The maximum absolute atomic E-state index is 12.3. The number of carbonyl (C=O) groups excluding carboxylic acids is 1. The van der Waals surface area contributed by atoms with Crippen molar-refractivity contribution >= 4 is 17.3 Å². The van der Waals surface area contributed by atoms with Crippen LogP contribution in [0.4, 0.5) is 24.5 Å². The van der Waals surface area contributed by atoms with Gasteiger partial charge in [-0.2, -0.15) is 13.2 Å². The highest BCUT2D eigenvalue weighted by molar-refractivity contribution is 6.02. The number of carbonyl (C=O) groups is 1. The smallest absolute Gasteiger partial charge is 0.422 e. The number of nitrogen functional groups attached to an aromatic ring is 1. The van der Waals surface area contributed by atoms with Gasteiger partial charge in [0.25, 0.3) is 5.91 Å². The van der Waals surface area contributed by atoms with E-state index in [2.05, 4.69) is 20.4 Å². The maximum atomic E-state index is 12.3. The fourth-order valence-electron chi connectivity index (χ4n) is 2.10. The Morgan fingerprint density at radius 1 is 1.24 bits per heavy atom. The summed E-state index contributed by atoms with van der Waals surface area (Å²) in [4.78, 5) is 16.2. The molecule has 134 valence electrons. The van der Waals surface area contributed by atoms with Gasteiger partial charge in [-0.25, -0.2) is 4.98 Å². The molecule has 25 heavy (non-hydrogen) atoms. The topological polar surface area (TPSA) is 89.3 Å². The van der Waals surface area contributed by atoms with E-state index in [9.17, 15) is 18.0 Å². The number of ether oxygens (including phenoxy) is 1. The molecule has 9 heteroatoms. The van der Waals surface area contributed by atoms with Crippen LogP contribution in [-0.4, -0.2) is 30.7 Å². The number of nitrogens with zero attached hydrogens (tertiary/aromatic N) is 1. The van der Waals surface area contributed by atoms with Crippen LogP contribution < -0.4 is 21.1 Å². The van der Waals surface area contributed by atoms with Crippen LogP contribution in [0.1, 0.15) is 16.1 Å². The first-order valence-electron chi connectivity index (χ1n) is 7.30. The molecule has 1 amide bonds. The number of rotatable bonds is 6. The lowest BCUT2D eigenvalue weighted by atomic mass is 10.1. The van der Waals surface area contributed by atoms with Gasteiger partial charge < -0.3 is 21.1 Å². The minimum atomic E-state index is -4.44. The van der Waals surface area contributed by atoms with E-state index in [0.29, 0.717) is 22.6 Å². The molecule has 0 unspecified atom stereocenters. The number of hydrogen-bond acceptors (Lipinski definition) is 5. The molecule has 1 aromatic heterocycles. The largest absolute Gasteiger partial charge is 0.468 e. The van der Waals surface area contributed by atoms with Crippen molar-refractivity contribution in [1.29, 1.82) is 0 Å². The minimum absolute atomic E-state index is 0.0278. The Hall–Kier alpha value is -2.97. The number of benzene rings is 1. The molecule has 0 atom stereocenters. The van der Waals surface area contributed by atoms with Crippen molar-refractivity contribution in [3.05, 3.63) is 47.7 Å². The first-order chi connectivity index (χ1) is 11.8. The van der Waals surface area contributed by atoms with Gasteiger partial charge in [0.2, 0.25) is 5.88 Å². The predicted molar refractivity (Wildman–Crippen MR) is 87.4 cm³/mol. The molecular weight excluding hydrogens is 337 g/mol.